The van der Waals surface area contributed by atoms with Gasteiger partial charge in [0.05, 0.1) is 5.60 Å². The van der Waals surface area contributed by atoms with Crippen LogP contribution in [-0.2, 0) is 10.3 Å². The van der Waals surface area contributed by atoms with E-state index in [0.717, 1.165) is 0 Å². The van der Waals surface area contributed by atoms with E-state index in [1.54, 1.807) is 0 Å². The van der Waals surface area contributed by atoms with Crippen molar-refractivity contribution < 1.29 is 4.74 Å². The first kappa shape index (κ1) is 8.49. The lowest BCUT2D eigenvalue weighted by molar-refractivity contribution is 0.271. The maximum absolute atomic E-state index is 6.04. The topological polar surface area (TPSA) is 12.5 Å². The Labute approximate surface area is 85.1 Å². The summed E-state index contributed by atoms with van der Waals surface area (Å²) in [7, 11) is 0. The van der Waals surface area contributed by atoms with Crippen molar-refractivity contribution in [2.24, 2.45) is 0 Å². The summed E-state index contributed by atoms with van der Waals surface area (Å²) >= 11 is 0. The van der Waals surface area contributed by atoms with Crippen LogP contribution in [0.2, 0.25) is 0 Å². The molecule has 0 spiro atoms. The molecule has 0 bridgehead atoms. The second-order valence-corrected chi connectivity index (χ2v) is 4.73. The van der Waals surface area contributed by atoms with Gasteiger partial charge >= 0.3 is 0 Å². The quantitative estimate of drug-likeness (QED) is 0.616. The molecule has 1 heteroatoms. The third-order valence-corrected chi connectivity index (χ3v) is 3.88. The number of hydrogen-bond donors (Lipinski definition) is 0. The van der Waals surface area contributed by atoms with Gasteiger partial charge in [-0.2, -0.15) is 0 Å². The zero-order valence-electron chi connectivity index (χ0n) is 8.62. The lowest BCUT2D eigenvalue weighted by Gasteiger charge is -2.22. The van der Waals surface area contributed by atoms with E-state index in [-0.39, 0.29) is 11.2 Å². The third kappa shape index (κ3) is 0.936. The first-order valence-corrected chi connectivity index (χ1v) is 5.53. The van der Waals surface area contributed by atoms with Crippen LogP contribution < -0.4 is 0 Å². The lowest BCUT2D eigenvalue weighted by atomic mass is 9.76. The predicted molar refractivity (Wildman–Crippen MR) is 56.1 cm³/mol. The molecule has 1 nitrogen and oxygen atoms in total. The second kappa shape index (κ2) is 2.60. The smallest absolute Gasteiger partial charge is 0.123 e. The molecule has 1 heterocycles. The molecule has 1 aromatic carbocycles. The Morgan fingerprint density at radius 3 is 2.50 bits per heavy atom. The average Bonchev–Trinajstić information content (AvgIpc) is 2.87. The highest BCUT2D eigenvalue weighted by atomic mass is 16.6. The summed E-state index contributed by atoms with van der Waals surface area (Å²) < 4.78 is 6.04. The highest BCUT2D eigenvalue weighted by molar-refractivity contribution is 5.33. The van der Waals surface area contributed by atoms with Gasteiger partial charge in [0.2, 0.25) is 0 Å². The average molecular weight is 188 g/mol. The van der Waals surface area contributed by atoms with Crippen molar-refractivity contribution in [1.82, 2.24) is 0 Å². The van der Waals surface area contributed by atoms with Crippen LogP contribution in [0.25, 0.3) is 0 Å². The fourth-order valence-corrected chi connectivity index (χ4v) is 2.98. The number of fused-ring (bicyclic) bond motifs is 1. The van der Waals surface area contributed by atoms with Crippen LogP contribution in [0.3, 0.4) is 0 Å². The summed E-state index contributed by atoms with van der Waals surface area (Å²) in [5, 5.41) is 0. The molecule has 3 rings (SSSR count). The standard InChI is InChI=1S/C13H16O/c1-12-9-5-6-10-13(12,14-12)11-7-3-2-4-8-11/h2-4,7-8H,5-6,9-10H2,1H3/t12-,13-/m0/s1. The Kier molecular flexibility index (Phi) is 1.58. The summed E-state index contributed by atoms with van der Waals surface area (Å²) in [4.78, 5) is 0. The molecule has 0 amide bonds. The van der Waals surface area contributed by atoms with Crippen LogP contribution in [0.1, 0.15) is 38.2 Å². The van der Waals surface area contributed by atoms with Crippen LogP contribution >= 0.6 is 0 Å². The van der Waals surface area contributed by atoms with E-state index in [9.17, 15) is 0 Å². The van der Waals surface area contributed by atoms with Crippen molar-refractivity contribution in [3.63, 3.8) is 0 Å². The van der Waals surface area contributed by atoms with Crippen LogP contribution in [0.15, 0.2) is 30.3 Å². The molecule has 14 heavy (non-hydrogen) atoms. The van der Waals surface area contributed by atoms with Gasteiger partial charge in [0.15, 0.2) is 0 Å². The first-order chi connectivity index (χ1) is 6.77. The third-order valence-electron chi connectivity index (χ3n) is 3.88. The highest BCUT2D eigenvalue weighted by Crippen LogP contribution is 2.63. The molecule has 0 unspecified atom stereocenters. The van der Waals surface area contributed by atoms with E-state index in [1.165, 1.54) is 31.2 Å². The van der Waals surface area contributed by atoms with E-state index in [2.05, 4.69) is 37.3 Å². The molecular weight excluding hydrogens is 172 g/mol. The van der Waals surface area contributed by atoms with E-state index in [0.29, 0.717) is 0 Å². The summed E-state index contributed by atoms with van der Waals surface area (Å²) in [6.45, 7) is 2.26. The van der Waals surface area contributed by atoms with Gasteiger partial charge in [0.25, 0.3) is 0 Å². The van der Waals surface area contributed by atoms with Gasteiger partial charge in [-0.1, -0.05) is 36.8 Å². The van der Waals surface area contributed by atoms with Crippen molar-refractivity contribution in [2.75, 3.05) is 0 Å². The molecule has 1 aromatic rings. The minimum absolute atomic E-state index is 0.0759. The Hall–Kier alpha value is -0.820. The Morgan fingerprint density at radius 2 is 1.79 bits per heavy atom. The largest absolute Gasteiger partial charge is 0.358 e. The minimum Gasteiger partial charge on any atom is -0.358 e. The fourth-order valence-electron chi connectivity index (χ4n) is 2.98. The van der Waals surface area contributed by atoms with Gasteiger partial charge in [-0.05, 0) is 31.7 Å². The second-order valence-electron chi connectivity index (χ2n) is 4.73. The van der Waals surface area contributed by atoms with Crippen molar-refractivity contribution in [3.05, 3.63) is 35.9 Å². The van der Waals surface area contributed by atoms with E-state index in [1.807, 2.05) is 0 Å². The van der Waals surface area contributed by atoms with Crippen LogP contribution in [0, 0.1) is 0 Å². The molecule has 1 aliphatic carbocycles. The molecule has 0 N–H and O–H groups in total. The molecule has 2 fully saturated rings. The number of ether oxygens (including phenoxy) is 1. The summed E-state index contributed by atoms with van der Waals surface area (Å²) in [6, 6.07) is 10.7. The molecule has 1 saturated heterocycles. The monoisotopic (exact) mass is 188 g/mol. The summed E-state index contributed by atoms with van der Waals surface area (Å²) in [5.74, 6) is 0. The number of epoxide rings is 1. The molecule has 2 atom stereocenters. The lowest BCUT2D eigenvalue weighted by Crippen LogP contribution is -2.25. The van der Waals surface area contributed by atoms with E-state index >= 15 is 0 Å². The SMILES string of the molecule is C[C@]12CCCC[C@@]1(c1ccccc1)O2. The normalized spacial score (nSPS) is 40.4. The van der Waals surface area contributed by atoms with Crippen LogP contribution in [-0.4, -0.2) is 5.60 Å². The van der Waals surface area contributed by atoms with Gasteiger partial charge in [-0.15, -0.1) is 0 Å². The molecule has 74 valence electrons. The Balaban J connectivity index is 1.99. The predicted octanol–water partition coefficient (Wildman–Crippen LogP) is 3.24. The number of benzene rings is 1. The molecule has 1 saturated carbocycles. The van der Waals surface area contributed by atoms with Crippen molar-refractivity contribution in [2.45, 2.75) is 43.8 Å². The Bertz CT molecular complexity index is 342. The maximum atomic E-state index is 6.04. The zero-order chi connectivity index (χ0) is 9.65. The number of hydrogen-bond acceptors (Lipinski definition) is 1. The van der Waals surface area contributed by atoms with Crippen molar-refractivity contribution in [1.29, 1.82) is 0 Å². The molecular formula is C13H16O. The molecule has 2 aliphatic rings. The van der Waals surface area contributed by atoms with Crippen molar-refractivity contribution in [3.8, 4) is 0 Å². The Morgan fingerprint density at radius 1 is 1.07 bits per heavy atom. The summed E-state index contributed by atoms with van der Waals surface area (Å²) in [5.41, 5.74) is 1.60. The van der Waals surface area contributed by atoms with Gasteiger partial charge in [0.1, 0.15) is 5.60 Å². The van der Waals surface area contributed by atoms with E-state index < -0.39 is 0 Å². The molecule has 0 radical (unpaired) electrons. The van der Waals surface area contributed by atoms with Gasteiger partial charge in [-0.3, -0.25) is 0 Å². The first-order valence-electron chi connectivity index (χ1n) is 5.53. The van der Waals surface area contributed by atoms with E-state index in [4.69, 9.17) is 4.74 Å². The van der Waals surface area contributed by atoms with Gasteiger partial charge in [0, 0.05) is 0 Å². The summed E-state index contributed by atoms with van der Waals surface area (Å²) in [6.07, 6.45) is 5.06. The molecule has 1 aliphatic heterocycles. The fraction of sp³-hybridized carbons (Fsp3) is 0.538. The van der Waals surface area contributed by atoms with Gasteiger partial charge in [-0.25, -0.2) is 0 Å². The molecule has 0 aromatic heterocycles. The minimum atomic E-state index is 0.0759. The van der Waals surface area contributed by atoms with Gasteiger partial charge < -0.3 is 4.74 Å². The zero-order valence-corrected chi connectivity index (χ0v) is 8.62. The highest BCUT2D eigenvalue weighted by Gasteiger charge is 2.67. The van der Waals surface area contributed by atoms with Crippen LogP contribution in [0.5, 0.6) is 0 Å². The van der Waals surface area contributed by atoms with Crippen LogP contribution in [0.4, 0.5) is 0 Å². The maximum Gasteiger partial charge on any atom is 0.123 e. The number of rotatable bonds is 1. The van der Waals surface area contributed by atoms with Crippen molar-refractivity contribution >= 4 is 0 Å².